The van der Waals surface area contributed by atoms with E-state index in [2.05, 4.69) is 15.5 Å². The zero-order valence-electron chi connectivity index (χ0n) is 10.3. The lowest BCUT2D eigenvalue weighted by Crippen LogP contribution is -2.02. The minimum atomic E-state index is -0.215. The average molecular weight is 233 g/mol. The number of nitrogens with zero attached hydrogens (tertiary/aromatic N) is 1. The van der Waals surface area contributed by atoms with Crippen LogP contribution in [0.15, 0.2) is 18.2 Å². The Balaban J connectivity index is 2.12. The minimum Gasteiger partial charge on any atom is -0.381 e. The van der Waals surface area contributed by atoms with Crippen molar-refractivity contribution in [3.05, 3.63) is 46.5 Å². The van der Waals surface area contributed by atoms with Crippen LogP contribution in [0.5, 0.6) is 0 Å². The molecule has 0 saturated heterocycles. The number of hydrogen-bond acceptors (Lipinski definition) is 2. The first-order valence-electron chi connectivity index (χ1n) is 5.58. The molecule has 90 valence electrons. The van der Waals surface area contributed by atoms with E-state index in [1.165, 1.54) is 12.1 Å². The van der Waals surface area contributed by atoms with Crippen LogP contribution in [0.2, 0.25) is 0 Å². The molecular weight excluding hydrogens is 217 g/mol. The molecule has 3 nitrogen and oxygen atoms in total. The van der Waals surface area contributed by atoms with Crippen LogP contribution in [0.4, 0.5) is 10.1 Å². The van der Waals surface area contributed by atoms with Crippen molar-refractivity contribution in [1.82, 2.24) is 10.2 Å². The van der Waals surface area contributed by atoms with Gasteiger partial charge in [0.05, 0.1) is 5.69 Å². The van der Waals surface area contributed by atoms with Crippen LogP contribution in [-0.2, 0) is 6.54 Å². The molecule has 2 aromatic rings. The predicted molar refractivity (Wildman–Crippen MR) is 66.5 cm³/mol. The van der Waals surface area contributed by atoms with Gasteiger partial charge in [0.1, 0.15) is 5.82 Å². The van der Waals surface area contributed by atoms with Gasteiger partial charge in [-0.25, -0.2) is 4.39 Å². The highest BCUT2D eigenvalue weighted by molar-refractivity contribution is 5.47. The fourth-order valence-electron chi connectivity index (χ4n) is 1.86. The van der Waals surface area contributed by atoms with E-state index in [9.17, 15) is 4.39 Å². The zero-order chi connectivity index (χ0) is 12.4. The zero-order valence-corrected chi connectivity index (χ0v) is 10.3. The summed E-state index contributed by atoms with van der Waals surface area (Å²) >= 11 is 0. The Labute approximate surface area is 100 Å². The summed E-state index contributed by atoms with van der Waals surface area (Å²) in [5.74, 6) is -0.215. The number of aromatic amines is 1. The second kappa shape index (κ2) is 4.57. The van der Waals surface area contributed by atoms with E-state index in [-0.39, 0.29) is 5.82 Å². The fraction of sp³-hybridized carbons (Fsp3) is 0.308. The van der Waals surface area contributed by atoms with Crippen LogP contribution in [-0.4, -0.2) is 10.2 Å². The molecule has 1 heterocycles. The molecule has 4 heteroatoms. The third-order valence-electron chi connectivity index (χ3n) is 2.79. The van der Waals surface area contributed by atoms with Gasteiger partial charge in [-0.15, -0.1) is 0 Å². The smallest absolute Gasteiger partial charge is 0.125 e. The molecule has 1 aromatic heterocycles. The van der Waals surface area contributed by atoms with Crippen molar-refractivity contribution in [1.29, 1.82) is 0 Å². The van der Waals surface area contributed by atoms with Crippen molar-refractivity contribution < 1.29 is 4.39 Å². The molecule has 2 N–H and O–H groups in total. The molecule has 0 radical (unpaired) electrons. The lowest BCUT2D eigenvalue weighted by molar-refractivity contribution is 0.627. The second-order valence-electron chi connectivity index (χ2n) is 4.28. The lowest BCUT2D eigenvalue weighted by atomic mass is 10.2. The molecule has 17 heavy (non-hydrogen) atoms. The Morgan fingerprint density at radius 3 is 2.59 bits per heavy atom. The third-order valence-corrected chi connectivity index (χ3v) is 2.79. The molecule has 0 aliphatic carbocycles. The van der Waals surface area contributed by atoms with E-state index in [0.29, 0.717) is 6.54 Å². The Morgan fingerprint density at radius 2 is 2.00 bits per heavy atom. The van der Waals surface area contributed by atoms with Gasteiger partial charge in [0.2, 0.25) is 0 Å². The molecule has 0 bridgehead atoms. The summed E-state index contributed by atoms with van der Waals surface area (Å²) in [6.07, 6.45) is 0. The van der Waals surface area contributed by atoms with Crippen molar-refractivity contribution in [2.45, 2.75) is 27.3 Å². The maximum absolute atomic E-state index is 13.2. The Bertz CT molecular complexity index is 492. The molecule has 0 saturated carbocycles. The molecule has 0 atom stereocenters. The van der Waals surface area contributed by atoms with E-state index < -0.39 is 0 Å². The molecule has 0 unspecified atom stereocenters. The van der Waals surface area contributed by atoms with Gasteiger partial charge < -0.3 is 5.32 Å². The summed E-state index contributed by atoms with van der Waals surface area (Å²) in [4.78, 5) is 0. The molecule has 2 rings (SSSR count). The molecular formula is C13H16FN3. The number of aryl methyl sites for hydroxylation is 3. The van der Waals surface area contributed by atoms with Crippen molar-refractivity contribution in [2.75, 3.05) is 5.32 Å². The first kappa shape index (κ1) is 11.6. The monoisotopic (exact) mass is 233 g/mol. The number of halogens is 1. The normalized spacial score (nSPS) is 10.6. The molecule has 0 amide bonds. The summed E-state index contributed by atoms with van der Waals surface area (Å²) in [6.45, 7) is 6.46. The van der Waals surface area contributed by atoms with Crippen molar-refractivity contribution in [3.8, 4) is 0 Å². The topological polar surface area (TPSA) is 40.7 Å². The second-order valence-corrected chi connectivity index (χ2v) is 4.28. The first-order valence-corrected chi connectivity index (χ1v) is 5.58. The molecule has 0 spiro atoms. The quantitative estimate of drug-likeness (QED) is 0.855. The van der Waals surface area contributed by atoms with Gasteiger partial charge in [0.25, 0.3) is 0 Å². The Morgan fingerprint density at radius 1 is 1.24 bits per heavy atom. The number of aromatic nitrogens is 2. The van der Waals surface area contributed by atoms with Gasteiger partial charge in [0, 0.05) is 23.5 Å². The van der Waals surface area contributed by atoms with Gasteiger partial charge in [-0.05, 0) is 44.5 Å². The summed E-state index contributed by atoms with van der Waals surface area (Å²) < 4.78 is 13.2. The third kappa shape index (κ3) is 2.64. The lowest BCUT2D eigenvalue weighted by Gasteiger charge is -2.07. The van der Waals surface area contributed by atoms with Crippen molar-refractivity contribution in [2.24, 2.45) is 0 Å². The van der Waals surface area contributed by atoms with Crippen molar-refractivity contribution >= 4 is 5.69 Å². The number of benzene rings is 1. The maximum Gasteiger partial charge on any atom is 0.125 e. The summed E-state index contributed by atoms with van der Waals surface area (Å²) in [5, 5.41) is 10.3. The van der Waals surface area contributed by atoms with E-state index in [1.807, 2.05) is 26.8 Å². The van der Waals surface area contributed by atoms with E-state index in [0.717, 1.165) is 28.2 Å². The van der Waals surface area contributed by atoms with Crippen LogP contribution in [0.3, 0.4) is 0 Å². The number of anilines is 1. The van der Waals surface area contributed by atoms with Crippen molar-refractivity contribution in [3.63, 3.8) is 0 Å². The number of H-pyrrole nitrogens is 1. The standard InChI is InChI=1S/C13H16FN3/c1-8-4-11(14)6-12(5-8)15-7-13-9(2)16-17-10(13)3/h4-6,15H,7H2,1-3H3,(H,16,17). The minimum absolute atomic E-state index is 0.215. The van der Waals surface area contributed by atoms with E-state index in [4.69, 9.17) is 0 Å². The van der Waals surface area contributed by atoms with E-state index in [1.54, 1.807) is 0 Å². The van der Waals surface area contributed by atoms with Crippen LogP contribution in [0, 0.1) is 26.6 Å². The molecule has 0 aliphatic rings. The SMILES string of the molecule is Cc1cc(F)cc(NCc2c(C)n[nH]c2C)c1. The van der Waals surface area contributed by atoms with Crippen LogP contribution in [0.25, 0.3) is 0 Å². The highest BCUT2D eigenvalue weighted by atomic mass is 19.1. The summed E-state index contributed by atoms with van der Waals surface area (Å²) in [7, 11) is 0. The van der Waals surface area contributed by atoms with Crippen LogP contribution >= 0.6 is 0 Å². The van der Waals surface area contributed by atoms with Gasteiger partial charge in [-0.2, -0.15) is 5.10 Å². The summed E-state index contributed by atoms with van der Waals surface area (Å²) in [5.41, 5.74) is 4.86. The fourth-order valence-corrected chi connectivity index (χ4v) is 1.86. The van der Waals surface area contributed by atoms with Gasteiger partial charge in [-0.1, -0.05) is 0 Å². The average Bonchev–Trinajstić information content (AvgIpc) is 2.55. The predicted octanol–water partition coefficient (Wildman–Crippen LogP) is 3.09. The van der Waals surface area contributed by atoms with Crippen LogP contribution < -0.4 is 5.32 Å². The number of hydrogen-bond donors (Lipinski definition) is 2. The Hall–Kier alpha value is -1.84. The van der Waals surface area contributed by atoms with Gasteiger partial charge >= 0.3 is 0 Å². The molecule has 0 fully saturated rings. The molecule has 1 aromatic carbocycles. The maximum atomic E-state index is 13.2. The largest absolute Gasteiger partial charge is 0.381 e. The molecule has 0 aliphatic heterocycles. The highest BCUT2D eigenvalue weighted by Crippen LogP contribution is 2.16. The highest BCUT2D eigenvalue weighted by Gasteiger charge is 2.06. The van der Waals surface area contributed by atoms with Gasteiger partial charge in [0.15, 0.2) is 0 Å². The Kier molecular flexibility index (Phi) is 3.13. The first-order chi connectivity index (χ1) is 8.06. The number of rotatable bonds is 3. The summed E-state index contributed by atoms with van der Waals surface area (Å²) in [6, 6.07) is 4.94. The van der Waals surface area contributed by atoms with E-state index >= 15 is 0 Å². The number of nitrogens with one attached hydrogen (secondary N) is 2. The van der Waals surface area contributed by atoms with Gasteiger partial charge in [-0.3, -0.25) is 5.10 Å². The van der Waals surface area contributed by atoms with Crippen LogP contribution in [0.1, 0.15) is 22.5 Å².